The quantitative estimate of drug-likeness (QED) is 0.910. The molecule has 2 aliphatic rings. The Kier molecular flexibility index (Phi) is 3.66. The third kappa shape index (κ3) is 2.77. The second-order valence-corrected chi connectivity index (χ2v) is 5.98. The molecule has 5 heteroatoms. The number of amides is 2. The minimum atomic E-state index is -0.380. The van der Waals surface area contributed by atoms with Gasteiger partial charge in [-0.1, -0.05) is 13.0 Å². The first-order chi connectivity index (χ1) is 10.1. The highest BCUT2D eigenvalue weighted by atomic mass is 16.2. The lowest BCUT2D eigenvalue weighted by Crippen LogP contribution is -2.63. The molecule has 0 spiro atoms. The minimum absolute atomic E-state index is 0.0262. The predicted molar refractivity (Wildman–Crippen MR) is 78.3 cm³/mol. The summed E-state index contributed by atoms with van der Waals surface area (Å²) in [5, 5.41) is 2.91. The minimum Gasteiger partial charge on any atom is -0.342 e. The molecule has 5 nitrogen and oxygen atoms in total. The van der Waals surface area contributed by atoms with Crippen LogP contribution in [0.15, 0.2) is 18.2 Å². The molecule has 3 rings (SSSR count). The normalized spacial score (nSPS) is 25.9. The summed E-state index contributed by atoms with van der Waals surface area (Å²) in [5.74, 6) is 0.348. The molecule has 0 radical (unpaired) electrons. The zero-order valence-corrected chi connectivity index (χ0v) is 12.5. The number of hydrogen-bond acceptors (Lipinski definition) is 3. The number of nitrogens with zero attached hydrogens (tertiary/aromatic N) is 2. The van der Waals surface area contributed by atoms with Crippen LogP contribution in [0.4, 0.5) is 0 Å². The molecule has 1 aliphatic carbocycles. The zero-order valence-electron chi connectivity index (χ0n) is 12.5. The number of rotatable bonds is 4. The van der Waals surface area contributed by atoms with Crippen LogP contribution in [-0.4, -0.2) is 33.8 Å². The smallest absolute Gasteiger partial charge is 0.246 e. The maximum Gasteiger partial charge on any atom is 0.246 e. The first-order valence-corrected chi connectivity index (χ1v) is 7.63. The Bertz CT molecular complexity index is 568. The van der Waals surface area contributed by atoms with Crippen molar-refractivity contribution in [1.29, 1.82) is 0 Å². The van der Waals surface area contributed by atoms with Gasteiger partial charge in [0.15, 0.2) is 0 Å². The molecule has 112 valence electrons. The summed E-state index contributed by atoms with van der Waals surface area (Å²) in [7, 11) is 0. The molecule has 2 heterocycles. The monoisotopic (exact) mass is 287 g/mol. The molecule has 21 heavy (non-hydrogen) atoms. The summed E-state index contributed by atoms with van der Waals surface area (Å²) in [6.45, 7) is 4.28. The second-order valence-electron chi connectivity index (χ2n) is 5.98. The number of piperazine rings is 1. The molecule has 2 fully saturated rings. The number of carbonyl (C=O) groups excluding carboxylic acids is 2. The van der Waals surface area contributed by atoms with Gasteiger partial charge in [0.05, 0.1) is 12.2 Å². The van der Waals surface area contributed by atoms with E-state index in [-0.39, 0.29) is 23.9 Å². The second kappa shape index (κ2) is 5.47. The largest absolute Gasteiger partial charge is 0.342 e. The molecule has 2 atom stereocenters. The van der Waals surface area contributed by atoms with E-state index in [1.807, 2.05) is 32.0 Å². The molecule has 1 aliphatic heterocycles. The van der Waals surface area contributed by atoms with E-state index in [0.717, 1.165) is 24.2 Å². The Morgan fingerprint density at radius 3 is 2.71 bits per heavy atom. The zero-order chi connectivity index (χ0) is 15.0. The van der Waals surface area contributed by atoms with Crippen LogP contribution in [0.5, 0.6) is 0 Å². The highest BCUT2D eigenvalue weighted by Gasteiger charge is 2.46. The summed E-state index contributed by atoms with van der Waals surface area (Å²) in [5.41, 5.74) is 1.76. The van der Waals surface area contributed by atoms with Crippen molar-refractivity contribution in [1.82, 2.24) is 15.2 Å². The van der Waals surface area contributed by atoms with Crippen LogP contribution in [0.2, 0.25) is 0 Å². The van der Waals surface area contributed by atoms with Crippen molar-refractivity contribution in [2.24, 2.45) is 5.92 Å². The Morgan fingerprint density at radius 2 is 2.10 bits per heavy atom. The summed E-state index contributed by atoms with van der Waals surface area (Å²) < 4.78 is 0. The van der Waals surface area contributed by atoms with Crippen LogP contribution < -0.4 is 5.32 Å². The van der Waals surface area contributed by atoms with E-state index in [1.165, 1.54) is 0 Å². The van der Waals surface area contributed by atoms with Gasteiger partial charge in [-0.2, -0.15) is 0 Å². The van der Waals surface area contributed by atoms with E-state index < -0.39 is 0 Å². The lowest BCUT2D eigenvalue weighted by atomic mass is 10.0. The van der Waals surface area contributed by atoms with Crippen molar-refractivity contribution in [3.05, 3.63) is 29.6 Å². The van der Waals surface area contributed by atoms with E-state index in [4.69, 9.17) is 0 Å². The van der Waals surface area contributed by atoms with E-state index in [9.17, 15) is 9.59 Å². The SMILES string of the molecule is CCC1C(=O)NC(C2CC2)C(=O)N1Cc1cccc(C)n1. The van der Waals surface area contributed by atoms with E-state index >= 15 is 0 Å². The fourth-order valence-corrected chi connectivity index (χ4v) is 2.99. The molecule has 2 amide bonds. The Balaban J connectivity index is 1.84. The van der Waals surface area contributed by atoms with Gasteiger partial charge in [-0.3, -0.25) is 14.6 Å². The molecule has 0 bridgehead atoms. The van der Waals surface area contributed by atoms with Crippen molar-refractivity contribution < 1.29 is 9.59 Å². The average Bonchev–Trinajstić information content (AvgIpc) is 3.27. The van der Waals surface area contributed by atoms with Crippen molar-refractivity contribution in [3.63, 3.8) is 0 Å². The molecule has 1 saturated carbocycles. The fourth-order valence-electron chi connectivity index (χ4n) is 2.99. The first kappa shape index (κ1) is 14.0. The van der Waals surface area contributed by atoms with Crippen LogP contribution in [-0.2, 0) is 16.1 Å². The van der Waals surface area contributed by atoms with E-state index in [1.54, 1.807) is 4.90 Å². The third-order valence-electron chi connectivity index (χ3n) is 4.28. The highest BCUT2D eigenvalue weighted by Crippen LogP contribution is 2.35. The number of aromatic nitrogens is 1. The van der Waals surface area contributed by atoms with Gasteiger partial charge in [0.25, 0.3) is 0 Å². The van der Waals surface area contributed by atoms with Crippen LogP contribution >= 0.6 is 0 Å². The third-order valence-corrected chi connectivity index (χ3v) is 4.28. The highest BCUT2D eigenvalue weighted by molar-refractivity contribution is 5.97. The number of nitrogens with one attached hydrogen (secondary N) is 1. The molecule has 0 aromatic carbocycles. The van der Waals surface area contributed by atoms with Gasteiger partial charge in [0, 0.05) is 5.69 Å². The molecule has 1 saturated heterocycles. The van der Waals surface area contributed by atoms with Gasteiger partial charge in [0.1, 0.15) is 12.1 Å². The van der Waals surface area contributed by atoms with Crippen LogP contribution in [0.3, 0.4) is 0 Å². The van der Waals surface area contributed by atoms with Crippen molar-refractivity contribution in [2.75, 3.05) is 0 Å². The maximum atomic E-state index is 12.7. The van der Waals surface area contributed by atoms with Gasteiger partial charge < -0.3 is 10.2 Å². The molecular weight excluding hydrogens is 266 g/mol. The van der Waals surface area contributed by atoms with Gasteiger partial charge in [-0.05, 0) is 44.2 Å². The van der Waals surface area contributed by atoms with Crippen LogP contribution in [0.25, 0.3) is 0 Å². The first-order valence-electron chi connectivity index (χ1n) is 7.63. The summed E-state index contributed by atoms with van der Waals surface area (Å²) in [6.07, 6.45) is 2.69. The van der Waals surface area contributed by atoms with Crippen LogP contribution in [0.1, 0.15) is 37.6 Å². The van der Waals surface area contributed by atoms with Gasteiger partial charge in [-0.15, -0.1) is 0 Å². The van der Waals surface area contributed by atoms with Gasteiger partial charge >= 0.3 is 0 Å². The number of carbonyl (C=O) groups is 2. The fraction of sp³-hybridized carbons (Fsp3) is 0.562. The van der Waals surface area contributed by atoms with Gasteiger partial charge in [-0.25, -0.2) is 0 Å². The summed E-state index contributed by atoms with van der Waals surface area (Å²) in [4.78, 5) is 31.1. The molecule has 2 unspecified atom stereocenters. The summed E-state index contributed by atoms with van der Waals surface area (Å²) in [6, 6.07) is 5.07. The molecular formula is C16H21N3O2. The maximum absolute atomic E-state index is 12.7. The van der Waals surface area contributed by atoms with Crippen LogP contribution in [0, 0.1) is 12.8 Å². The van der Waals surface area contributed by atoms with Gasteiger partial charge in [0.2, 0.25) is 11.8 Å². The average molecular weight is 287 g/mol. The topological polar surface area (TPSA) is 62.3 Å². The number of pyridine rings is 1. The van der Waals surface area contributed by atoms with Crippen molar-refractivity contribution in [2.45, 2.75) is 51.7 Å². The molecule has 1 aromatic rings. The Labute approximate surface area is 124 Å². The number of aryl methyl sites for hydroxylation is 1. The van der Waals surface area contributed by atoms with Crippen molar-refractivity contribution in [3.8, 4) is 0 Å². The predicted octanol–water partition coefficient (Wildman–Crippen LogP) is 1.41. The van der Waals surface area contributed by atoms with Crippen molar-refractivity contribution >= 4 is 11.8 Å². The lowest BCUT2D eigenvalue weighted by molar-refractivity contribution is -0.150. The Hall–Kier alpha value is -1.91. The summed E-state index contributed by atoms with van der Waals surface area (Å²) >= 11 is 0. The van der Waals surface area contributed by atoms with E-state index in [0.29, 0.717) is 18.9 Å². The lowest BCUT2D eigenvalue weighted by Gasteiger charge is -2.38. The molecule has 1 aromatic heterocycles. The Morgan fingerprint density at radius 1 is 1.33 bits per heavy atom. The standard InChI is InChI=1S/C16H21N3O2/c1-3-13-15(20)18-14(11-7-8-11)16(21)19(13)9-12-6-4-5-10(2)17-12/h4-6,11,13-14H,3,7-9H2,1-2H3,(H,18,20). The molecule has 1 N–H and O–H groups in total. The van der Waals surface area contributed by atoms with E-state index in [2.05, 4.69) is 10.3 Å². The number of hydrogen-bond donors (Lipinski definition) is 1.